The van der Waals surface area contributed by atoms with Crippen molar-refractivity contribution in [1.82, 2.24) is 5.32 Å². The molecule has 4 atom stereocenters. The predicted molar refractivity (Wildman–Crippen MR) is 82.0 cm³/mol. The number of carboxylic acid groups (broad SMARTS) is 1. The normalized spacial score (nSPS) is 18.4. The molecule has 0 rings (SSSR count). The molecule has 5 N–H and O–H groups in total. The lowest BCUT2D eigenvalue weighted by molar-refractivity contribution is -0.152. The standard InChI is InChI=1S/C13H26N2O5S/c1-5-20-13(4,7-9(16)17)15-12(19)11(18)10(14)8(3)21-6-2/h8,10-11,18H,5-7,14H2,1-4H3,(H,15,19)(H,16,17)/t8?,10-,11?,13?/m0/s1. The fourth-order valence-corrected chi connectivity index (χ4v) is 2.78. The van der Waals surface area contributed by atoms with Crippen LogP contribution in [0, 0.1) is 0 Å². The highest BCUT2D eigenvalue weighted by Crippen LogP contribution is 2.17. The van der Waals surface area contributed by atoms with Gasteiger partial charge in [0.1, 0.15) is 11.8 Å². The van der Waals surface area contributed by atoms with Gasteiger partial charge >= 0.3 is 5.97 Å². The lowest BCUT2D eigenvalue weighted by Gasteiger charge is -2.32. The number of nitrogens with two attached hydrogens (primary N) is 1. The fraction of sp³-hybridized carbons (Fsp3) is 0.846. The summed E-state index contributed by atoms with van der Waals surface area (Å²) in [5, 5.41) is 21.2. The van der Waals surface area contributed by atoms with Gasteiger partial charge in [-0.1, -0.05) is 13.8 Å². The Morgan fingerprint density at radius 2 is 2.00 bits per heavy atom. The van der Waals surface area contributed by atoms with Gasteiger partial charge in [0.2, 0.25) is 0 Å². The van der Waals surface area contributed by atoms with Gasteiger partial charge < -0.3 is 26.0 Å². The summed E-state index contributed by atoms with van der Waals surface area (Å²) in [5.41, 5.74) is 4.48. The van der Waals surface area contributed by atoms with E-state index in [0.29, 0.717) is 0 Å². The van der Waals surface area contributed by atoms with Crippen LogP contribution in [0.25, 0.3) is 0 Å². The quantitative estimate of drug-likeness (QED) is 0.423. The first kappa shape index (κ1) is 20.2. The third-order valence-electron chi connectivity index (χ3n) is 2.94. The van der Waals surface area contributed by atoms with Crippen molar-refractivity contribution in [3.63, 3.8) is 0 Å². The molecule has 124 valence electrons. The van der Waals surface area contributed by atoms with Crippen LogP contribution in [0.3, 0.4) is 0 Å². The first-order valence-corrected chi connectivity index (χ1v) is 7.94. The number of hydrogen-bond acceptors (Lipinski definition) is 6. The molecule has 0 saturated carbocycles. The van der Waals surface area contributed by atoms with Crippen molar-refractivity contribution in [3.05, 3.63) is 0 Å². The molecular weight excluding hydrogens is 296 g/mol. The van der Waals surface area contributed by atoms with E-state index in [-0.39, 0.29) is 11.9 Å². The Labute approximate surface area is 129 Å². The van der Waals surface area contributed by atoms with Crippen molar-refractivity contribution in [2.75, 3.05) is 12.4 Å². The zero-order chi connectivity index (χ0) is 16.6. The Morgan fingerprint density at radius 1 is 1.43 bits per heavy atom. The predicted octanol–water partition coefficient (Wildman–Crippen LogP) is 0.160. The molecule has 0 aromatic carbocycles. The topological polar surface area (TPSA) is 122 Å². The third-order valence-corrected chi connectivity index (χ3v) is 4.12. The van der Waals surface area contributed by atoms with E-state index in [2.05, 4.69) is 5.32 Å². The van der Waals surface area contributed by atoms with Crippen molar-refractivity contribution < 1.29 is 24.5 Å². The molecule has 0 saturated heterocycles. The van der Waals surface area contributed by atoms with Gasteiger partial charge in [-0.2, -0.15) is 11.8 Å². The molecule has 7 nitrogen and oxygen atoms in total. The number of ether oxygens (including phenoxy) is 1. The van der Waals surface area contributed by atoms with Gasteiger partial charge in [0.05, 0.1) is 12.5 Å². The number of carbonyl (C=O) groups excluding carboxylic acids is 1. The first-order chi connectivity index (χ1) is 9.66. The van der Waals surface area contributed by atoms with Crippen molar-refractivity contribution in [2.45, 2.75) is 57.2 Å². The molecule has 1 amide bonds. The average Bonchev–Trinajstić information content (AvgIpc) is 2.35. The van der Waals surface area contributed by atoms with Crippen molar-refractivity contribution in [2.24, 2.45) is 5.73 Å². The molecule has 0 heterocycles. The van der Waals surface area contributed by atoms with E-state index in [1.165, 1.54) is 18.7 Å². The van der Waals surface area contributed by atoms with Crippen LogP contribution >= 0.6 is 11.8 Å². The lowest BCUT2D eigenvalue weighted by Crippen LogP contribution is -2.57. The van der Waals surface area contributed by atoms with Crippen LogP contribution in [-0.4, -0.2) is 57.6 Å². The number of aliphatic hydroxyl groups is 1. The second kappa shape index (κ2) is 9.24. The number of nitrogens with one attached hydrogen (secondary N) is 1. The zero-order valence-electron chi connectivity index (χ0n) is 13.0. The van der Waals surface area contributed by atoms with Gasteiger partial charge in [-0.05, 0) is 19.6 Å². The van der Waals surface area contributed by atoms with Crippen LogP contribution < -0.4 is 11.1 Å². The highest BCUT2D eigenvalue weighted by molar-refractivity contribution is 7.99. The maximum Gasteiger partial charge on any atom is 0.308 e. The van der Waals surface area contributed by atoms with Gasteiger partial charge in [0.15, 0.2) is 0 Å². The number of thioether (sulfide) groups is 1. The van der Waals surface area contributed by atoms with Crippen LogP contribution in [0.1, 0.15) is 34.1 Å². The lowest BCUT2D eigenvalue weighted by atomic mass is 10.1. The Bertz CT molecular complexity index is 355. The summed E-state index contributed by atoms with van der Waals surface area (Å²) in [6.07, 6.45) is -1.83. The number of carbonyl (C=O) groups is 2. The molecule has 3 unspecified atom stereocenters. The Kier molecular flexibility index (Phi) is 8.88. The number of aliphatic hydroxyl groups excluding tert-OH is 1. The highest BCUT2D eigenvalue weighted by atomic mass is 32.2. The number of amides is 1. The van der Waals surface area contributed by atoms with Gasteiger partial charge in [-0.15, -0.1) is 0 Å². The molecule has 0 aliphatic rings. The van der Waals surface area contributed by atoms with Crippen LogP contribution in [0.5, 0.6) is 0 Å². The molecule has 0 fully saturated rings. The summed E-state index contributed by atoms with van der Waals surface area (Å²) in [7, 11) is 0. The van der Waals surface area contributed by atoms with Gasteiger partial charge in [-0.3, -0.25) is 9.59 Å². The molecular formula is C13H26N2O5S. The monoisotopic (exact) mass is 322 g/mol. The van der Waals surface area contributed by atoms with Gasteiger partial charge in [0.25, 0.3) is 5.91 Å². The van der Waals surface area contributed by atoms with E-state index < -0.39 is 36.2 Å². The van der Waals surface area contributed by atoms with Crippen LogP contribution in [0.4, 0.5) is 0 Å². The SMILES string of the molecule is CCOC(C)(CC(=O)O)NC(=O)C(O)[C@@H](N)C(C)SCC. The molecule has 8 heteroatoms. The van der Waals surface area contributed by atoms with Crippen molar-refractivity contribution in [1.29, 1.82) is 0 Å². The van der Waals surface area contributed by atoms with Crippen molar-refractivity contribution in [3.8, 4) is 0 Å². The van der Waals surface area contributed by atoms with E-state index in [9.17, 15) is 14.7 Å². The Hall–Kier alpha value is -0.830. The third kappa shape index (κ3) is 7.12. The molecule has 21 heavy (non-hydrogen) atoms. The maximum absolute atomic E-state index is 12.0. The second-order valence-corrected chi connectivity index (χ2v) is 6.56. The summed E-state index contributed by atoms with van der Waals surface area (Å²) >= 11 is 1.53. The first-order valence-electron chi connectivity index (χ1n) is 6.89. The van der Waals surface area contributed by atoms with Crippen LogP contribution in [0.2, 0.25) is 0 Å². The minimum absolute atomic E-state index is 0.103. The highest BCUT2D eigenvalue weighted by Gasteiger charge is 2.35. The van der Waals surface area contributed by atoms with Crippen molar-refractivity contribution >= 4 is 23.6 Å². The minimum Gasteiger partial charge on any atom is -0.481 e. The second-order valence-electron chi connectivity index (χ2n) is 4.91. The zero-order valence-corrected chi connectivity index (χ0v) is 13.8. The number of hydrogen-bond donors (Lipinski definition) is 4. The van der Waals surface area contributed by atoms with E-state index in [4.69, 9.17) is 15.6 Å². The molecule has 0 spiro atoms. The van der Waals surface area contributed by atoms with Gasteiger partial charge in [0, 0.05) is 11.9 Å². The summed E-state index contributed by atoms with van der Waals surface area (Å²) in [4.78, 5) is 22.9. The van der Waals surface area contributed by atoms with E-state index in [1.807, 2.05) is 13.8 Å². The molecule has 0 aromatic heterocycles. The molecule has 0 aliphatic heterocycles. The maximum atomic E-state index is 12.0. The number of rotatable bonds is 10. The summed E-state index contributed by atoms with van der Waals surface area (Å²) in [6.45, 7) is 7.15. The fourth-order valence-electron chi connectivity index (χ4n) is 1.88. The van der Waals surface area contributed by atoms with E-state index in [1.54, 1.807) is 6.92 Å². The Morgan fingerprint density at radius 3 is 2.43 bits per heavy atom. The summed E-state index contributed by atoms with van der Waals surface area (Å²) in [6, 6.07) is -0.745. The molecule has 0 radical (unpaired) electrons. The summed E-state index contributed by atoms with van der Waals surface area (Å²) in [5.74, 6) is -1.03. The molecule has 0 aliphatic carbocycles. The average molecular weight is 322 g/mol. The van der Waals surface area contributed by atoms with Gasteiger partial charge in [-0.25, -0.2) is 0 Å². The minimum atomic E-state index is -1.42. The Balaban J connectivity index is 4.78. The largest absolute Gasteiger partial charge is 0.481 e. The van der Waals surface area contributed by atoms with E-state index >= 15 is 0 Å². The van der Waals surface area contributed by atoms with Crippen LogP contribution in [-0.2, 0) is 14.3 Å². The van der Waals surface area contributed by atoms with Crippen LogP contribution in [0.15, 0.2) is 0 Å². The molecule has 0 bridgehead atoms. The van der Waals surface area contributed by atoms with E-state index in [0.717, 1.165) is 5.75 Å². The smallest absolute Gasteiger partial charge is 0.308 e. The number of carboxylic acids is 1. The molecule has 0 aromatic rings. The number of aliphatic carboxylic acids is 1. The summed E-state index contributed by atoms with van der Waals surface area (Å²) < 4.78 is 5.28.